The molecule has 4 aliphatic heterocycles. The maximum Gasteiger partial charge on any atom is 0.0783 e. The fraction of sp³-hybridized carbons (Fsp3) is 0.0222. The highest BCUT2D eigenvalue weighted by atomic mass is 15.2. The molecule has 8 aromatic rings. The first-order valence-corrected chi connectivity index (χ1v) is 16.5. The molecule has 0 saturated carbocycles. The van der Waals surface area contributed by atoms with Crippen LogP contribution in [0.15, 0.2) is 158 Å². The van der Waals surface area contributed by atoms with Gasteiger partial charge in [-0.15, -0.1) is 0 Å². The molecule has 0 bridgehead atoms. The fourth-order valence-electron chi connectivity index (χ4n) is 9.62. The lowest BCUT2D eigenvalue weighted by Crippen LogP contribution is -2.43. The first-order chi connectivity index (χ1) is 23.4. The summed E-state index contributed by atoms with van der Waals surface area (Å²) in [6, 6.07) is 59.3. The van der Waals surface area contributed by atoms with Gasteiger partial charge in [-0.25, -0.2) is 0 Å². The van der Waals surface area contributed by atoms with E-state index in [0.717, 1.165) is 0 Å². The monoisotopic (exact) mass is 594 g/mol. The molecule has 47 heavy (non-hydrogen) atoms. The first kappa shape index (κ1) is 24.2. The number of para-hydroxylation sites is 4. The van der Waals surface area contributed by atoms with Gasteiger partial charge in [0.15, 0.2) is 0 Å². The number of fused-ring (bicyclic) bond motifs is 8. The maximum atomic E-state index is 2.65. The second-order valence-electron chi connectivity index (χ2n) is 13.2. The third-order valence-electron chi connectivity index (χ3n) is 11.2. The molecule has 2 heteroatoms. The van der Waals surface area contributed by atoms with Crippen molar-refractivity contribution in [2.24, 2.45) is 0 Å². The second kappa shape index (κ2) is 8.17. The summed E-state index contributed by atoms with van der Waals surface area (Å²) in [5.41, 5.74) is 17.6. The third kappa shape index (κ3) is 2.62. The van der Waals surface area contributed by atoms with Crippen LogP contribution in [-0.2, 0) is 5.41 Å². The predicted molar refractivity (Wildman–Crippen MR) is 194 cm³/mol. The van der Waals surface area contributed by atoms with Gasteiger partial charge in [0.25, 0.3) is 0 Å². The van der Waals surface area contributed by atoms with Crippen LogP contribution >= 0.6 is 0 Å². The van der Waals surface area contributed by atoms with E-state index in [0.29, 0.717) is 0 Å². The zero-order valence-corrected chi connectivity index (χ0v) is 25.4. The molecule has 12 rings (SSSR count). The van der Waals surface area contributed by atoms with Crippen molar-refractivity contribution in [3.8, 4) is 22.3 Å². The molecule has 0 N–H and O–H groups in total. The standard InChI is InChI=1S/C45H26N2/c1-2-13-29(14-3-1)46-38-21-6-4-19-34(38)45(35-20-5-7-22-39(35)46)36-25-23-27-11-8-15-30-32-17-10-18-33-31-16-9-12-28-24-26-37(45)44(41(28)31)47(42(32)33)43(36)40(27)30/h1-26H. The molecule has 4 heterocycles. The van der Waals surface area contributed by atoms with Crippen molar-refractivity contribution in [3.63, 3.8) is 0 Å². The van der Waals surface area contributed by atoms with Crippen molar-refractivity contribution >= 4 is 55.7 Å². The molecular formula is C45H26N2. The molecule has 0 aromatic heterocycles. The molecule has 0 aliphatic carbocycles. The van der Waals surface area contributed by atoms with E-state index in [2.05, 4.69) is 168 Å². The van der Waals surface area contributed by atoms with Crippen LogP contribution in [0.25, 0.3) is 43.8 Å². The molecule has 0 atom stereocenters. The molecule has 4 aliphatic rings. The Labute approximate surface area is 272 Å². The van der Waals surface area contributed by atoms with E-state index in [1.807, 2.05) is 0 Å². The molecule has 2 nitrogen and oxygen atoms in total. The highest BCUT2D eigenvalue weighted by molar-refractivity contribution is 6.26. The molecular weight excluding hydrogens is 569 g/mol. The summed E-state index contributed by atoms with van der Waals surface area (Å²) in [5, 5.41) is 5.25. The summed E-state index contributed by atoms with van der Waals surface area (Å²) in [6.45, 7) is 0. The van der Waals surface area contributed by atoms with E-state index in [-0.39, 0.29) is 0 Å². The van der Waals surface area contributed by atoms with E-state index in [1.165, 1.54) is 100 Å². The van der Waals surface area contributed by atoms with Crippen LogP contribution in [0.3, 0.4) is 0 Å². The van der Waals surface area contributed by atoms with Crippen LogP contribution in [-0.4, -0.2) is 0 Å². The van der Waals surface area contributed by atoms with Gasteiger partial charge in [0.1, 0.15) is 0 Å². The van der Waals surface area contributed by atoms with E-state index in [1.54, 1.807) is 0 Å². The van der Waals surface area contributed by atoms with Crippen LogP contribution in [0.1, 0.15) is 22.3 Å². The summed E-state index contributed by atoms with van der Waals surface area (Å²) in [5.74, 6) is 0. The summed E-state index contributed by atoms with van der Waals surface area (Å²) in [6.07, 6.45) is 0. The average molecular weight is 595 g/mol. The smallest absolute Gasteiger partial charge is 0.0783 e. The Morgan fingerprint density at radius 1 is 0.319 bits per heavy atom. The number of nitrogens with zero attached hydrogens (tertiary/aromatic N) is 2. The van der Waals surface area contributed by atoms with E-state index < -0.39 is 5.41 Å². The van der Waals surface area contributed by atoms with Crippen LogP contribution in [0, 0.1) is 0 Å². The molecule has 0 fully saturated rings. The van der Waals surface area contributed by atoms with Crippen LogP contribution in [0.5, 0.6) is 0 Å². The molecule has 0 saturated heterocycles. The van der Waals surface area contributed by atoms with Crippen molar-refractivity contribution in [1.82, 2.24) is 0 Å². The number of rotatable bonds is 1. The highest BCUT2D eigenvalue weighted by Crippen LogP contribution is 2.70. The summed E-state index contributed by atoms with van der Waals surface area (Å²) in [4.78, 5) is 5.12. The summed E-state index contributed by atoms with van der Waals surface area (Å²) >= 11 is 0. The molecule has 0 amide bonds. The van der Waals surface area contributed by atoms with Crippen LogP contribution in [0.4, 0.5) is 34.1 Å². The normalized spacial score (nSPS) is 14.9. The van der Waals surface area contributed by atoms with Crippen molar-refractivity contribution in [3.05, 3.63) is 180 Å². The zero-order valence-electron chi connectivity index (χ0n) is 25.4. The SMILES string of the molecule is c1ccc(N2c3ccccc3C3(c4ccccc42)c2ccc4cccc5c4c2N2c4c-5cccc4-c4cccc5ccc3c2c45)cc1. The van der Waals surface area contributed by atoms with Gasteiger partial charge >= 0.3 is 0 Å². The maximum absolute atomic E-state index is 2.65. The summed E-state index contributed by atoms with van der Waals surface area (Å²) < 4.78 is 0. The van der Waals surface area contributed by atoms with Crippen LogP contribution < -0.4 is 9.80 Å². The lowest BCUT2D eigenvalue weighted by atomic mass is 9.58. The number of anilines is 6. The van der Waals surface area contributed by atoms with Gasteiger partial charge in [0.05, 0.1) is 33.9 Å². The predicted octanol–water partition coefficient (Wildman–Crippen LogP) is 11.9. The van der Waals surface area contributed by atoms with Gasteiger partial charge in [0, 0.05) is 27.6 Å². The number of hydrogen-bond acceptors (Lipinski definition) is 2. The second-order valence-corrected chi connectivity index (χ2v) is 13.2. The Balaban J connectivity index is 1.35. The molecule has 216 valence electrons. The molecule has 8 aromatic carbocycles. The Bertz CT molecular complexity index is 2540. The highest BCUT2D eigenvalue weighted by Gasteiger charge is 2.54. The van der Waals surface area contributed by atoms with Crippen molar-refractivity contribution in [2.75, 3.05) is 9.80 Å². The minimum Gasteiger partial charge on any atom is -0.310 e. The molecule has 0 unspecified atom stereocenters. The lowest BCUT2D eigenvalue weighted by Gasteiger charge is -2.53. The first-order valence-electron chi connectivity index (χ1n) is 16.5. The molecule has 1 spiro atoms. The van der Waals surface area contributed by atoms with Gasteiger partial charge < -0.3 is 9.80 Å². The average Bonchev–Trinajstić information content (AvgIpc) is 3.14. The van der Waals surface area contributed by atoms with Gasteiger partial charge in [0.2, 0.25) is 0 Å². The number of benzene rings is 8. The number of hydrogen-bond donors (Lipinski definition) is 0. The lowest BCUT2D eigenvalue weighted by molar-refractivity contribution is 0.721. The van der Waals surface area contributed by atoms with Crippen LogP contribution in [0.2, 0.25) is 0 Å². The van der Waals surface area contributed by atoms with Gasteiger partial charge in [-0.2, -0.15) is 0 Å². The van der Waals surface area contributed by atoms with Gasteiger partial charge in [-0.3, -0.25) is 0 Å². The van der Waals surface area contributed by atoms with Gasteiger partial charge in [-0.1, -0.05) is 133 Å². The van der Waals surface area contributed by atoms with Crippen molar-refractivity contribution in [1.29, 1.82) is 0 Å². The zero-order chi connectivity index (χ0) is 30.4. The fourth-order valence-corrected chi connectivity index (χ4v) is 9.62. The van der Waals surface area contributed by atoms with E-state index in [4.69, 9.17) is 0 Å². The Hall–Kier alpha value is -6.12. The largest absolute Gasteiger partial charge is 0.310 e. The topological polar surface area (TPSA) is 6.48 Å². The minimum absolute atomic E-state index is 0.536. The van der Waals surface area contributed by atoms with Crippen molar-refractivity contribution < 1.29 is 0 Å². The third-order valence-corrected chi connectivity index (χ3v) is 11.2. The Kier molecular flexibility index (Phi) is 4.20. The van der Waals surface area contributed by atoms with Gasteiger partial charge in [-0.05, 0) is 68.4 Å². The Morgan fingerprint density at radius 2 is 0.809 bits per heavy atom. The quantitative estimate of drug-likeness (QED) is 0.187. The van der Waals surface area contributed by atoms with E-state index >= 15 is 0 Å². The van der Waals surface area contributed by atoms with E-state index in [9.17, 15) is 0 Å². The molecule has 0 radical (unpaired) electrons. The Morgan fingerprint density at radius 3 is 1.38 bits per heavy atom. The summed E-state index contributed by atoms with van der Waals surface area (Å²) in [7, 11) is 0. The minimum atomic E-state index is -0.536. The van der Waals surface area contributed by atoms with Crippen molar-refractivity contribution in [2.45, 2.75) is 5.41 Å².